The fraction of sp³-hybridized carbons (Fsp3) is 0.462. The lowest BCUT2D eigenvalue weighted by molar-refractivity contribution is 0.0939. The molecule has 0 fully saturated rings. The van der Waals surface area contributed by atoms with E-state index in [9.17, 15) is 4.79 Å². The Labute approximate surface area is 112 Å². The highest BCUT2D eigenvalue weighted by molar-refractivity contribution is 7.98. The Bertz CT molecular complexity index is 410. The quantitative estimate of drug-likeness (QED) is 0.776. The summed E-state index contributed by atoms with van der Waals surface area (Å²) in [7, 11) is 1.54. The number of ether oxygens (including phenoxy) is 1. The van der Waals surface area contributed by atoms with Gasteiger partial charge >= 0.3 is 0 Å². The van der Waals surface area contributed by atoms with Gasteiger partial charge in [0.1, 0.15) is 5.75 Å². The molecule has 1 rings (SSSR count). The van der Waals surface area contributed by atoms with Gasteiger partial charge < -0.3 is 15.8 Å². The first-order chi connectivity index (χ1) is 8.58. The normalized spacial score (nSPS) is 11.9. The maximum Gasteiger partial charge on any atom is 0.251 e. The van der Waals surface area contributed by atoms with Crippen molar-refractivity contribution in [2.24, 2.45) is 0 Å². The molecule has 1 atom stereocenters. The van der Waals surface area contributed by atoms with Crippen LogP contribution in [0.25, 0.3) is 0 Å². The van der Waals surface area contributed by atoms with Crippen LogP contribution in [0.2, 0.25) is 0 Å². The molecule has 5 heteroatoms. The molecule has 0 heterocycles. The third kappa shape index (κ3) is 4.14. The van der Waals surface area contributed by atoms with Crippen molar-refractivity contribution in [3.05, 3.63) is 23.8 Å². The molecule has 0 aliphatic heterocycles. The predicted octanol–water partition coefficient (Wildman–Crippen LogP) is 2.15. The number of nitrogen functional groups attached to an aromatic ring is 1. The van der Waals surface area contributed by atoms with Crippen LogP contribution in [-0.2, 0) is 0 Å². The zero-order valence-electron chi connectivity index (χ0n) is 11.0. The van der Waals surface area contributed by atoms with Gasteiger partial charge in [-0.15, -0.1) is 0 Å². The molecule has 0 radical (unpaired) electrons. The molecule has 3 N–H and O–H groups in total. The summed E-state index contributed by atoms with van der Waals surface area (Å²) < 4.78 is 5.10. The van der Waals surface area contributed by atoms with Gasteiger partial charge in [-0.25, -0.2) is 0 Å². The lowest BCUT2D eigenvalue weighted by atomic mass is 10.1. The smallest absolute Gasteiger partial charge is 0.251 e. The number of methoxy groups -OCH3 is 1. The van der Waals surface area contributed by atoms with Crippen LogP contribution in [0.1, 0.15) is 23.7 Å². The second kappa shape index (κ2) is 7.16. The van der Waals surface area contributed by atoms with Crippen LogP contribution in [0.3, 0.4) is 0 Å². The number of carbonyl (C=O) groups excluding carboxylic acids is 1. The summed E-state index contributed by atoms with van der Waals surface area (Å²) >= 11 is 1.77. The summed E-state index contributed by atoms with van der Waals surface area (Å²) in [6.45, 7) is 2.00. The van der Waals surface area contributed by atoms with E-state index in [4.69, 9.17) is 10.5 Å². The summed E-state index contributed by atoms with van der Waals surface area (Å²) in [5.41, 5.74) is 6.81. The highest BCUT2D eigenvalue weighted by Crippen LogP contribution is 2.22. The van der Waals surface area contributed by atoms with E-state index >= 15 is 0 Å². The van der Waals surface area contributed by atoms with Crippen LogP contribution in [0.4, 0.5) is 5.69 Å². The monoisotopic (exact) mass is 268 g/mol. The minimum atomic E-state index is -0.0955. The first-order valence-electron chi connectivity index (χ1n) is 5.81. The minimum Gasteiger partial charge on any atom is -0.495 e. The van der Waals surface area contributed by atoms with Crippen molar-refractivity contribution in [2.75, 3.05) is 24.9 Å². The summed E-state index contributed by atoms with van der Waals surface area (Å²) in [5.74, 6) is 1.47. The van der Waals surface area contributed by atoms with Gasteiger partial charge in [0, 0.05) is 11.6 Å². The van der Waals surface area contributed by atoms with E-state index in [0.717, 1.165) is 12.2 Å². The molecule has 1 aromatic carbocycles. The number of amides is 1. The number of anilines is 1. The molecule has 4 nitrogen and oxygen atoms in total. The lowest BCUT2D eigenvalue weighted by Crippen LogP contribution is -2.32. The Balaban J connectivity index is 2.66. The maximum absolute atomic E-state index is 12.0. The van der Waals surface area contributed by atoms with Gasteiger partial charge in [-0.05, 0) is 43.6 Å². The summed E-state index contributed by atoms with van der Waals surface area (Å²) in [5, 5.41) is 2.95. The summed E-state index contributed by atoms with van der Waals surface area (Å²) in [4.78, 5) is 12.0. The van der Waals surface area contributed by atoms with Crippen molar-refractivity contribution in [3.8, 4) is 5.75 Å². The van der Waals surface area contributed by atoms with Gasteiger partial charge in [-0.1, -0.05) is 0 Å². The Morgan fingerprint density at radius 1 is 1.56 bits per heavy atom. The van der Waals surface area contributed by atoms with Gasteiger partial charge in [0.25, 0.3) is 5.91 Å². The molecule has 0 aromatic heterocycles. The number of nitrogens with two attached hydrogens (primary N) is 1. The van der Waals surface area contributed by atoms with E-state index in [-0.39, 0.29) is 11.9 Å². The average molecular weight is 268 g/mol. The fourth-order valence-electron chi connectivity index (χ4n) is 1.53. The molecule has 1 amide bonds. The molecular weight excluding hydrogens is 248 g/mol. The molecule has 1 unspecified atom stereocenters. The minimum absolute atomic E-state index is 0.0955. The number of nitrogens with one attached hydrogen (secondary N) is 1. The van der Waals surface area contributed by atoms with Crippen LogP contribution in [0.15, 0.2) is 18.2 Å². The van der Waals surface area contributed by atoms with Crippen LogP contribution >= 0.6 is 11.8 Å². The number of carbonyl (C=O) groups is 1. The van der Waals surface area contributed by atoms with Gasteiger partial charge in [-0.2, -0.15) is 11.8 Å². The van der Waals surface area contributed by atoms with Crippen LogP contribution in [0, 0.1) is 0 Å². The Kier molecular flexibility index (Phi) is 5.85. The second-order valence-corrected chi connectivity index (χ2v) is 5.10. The second-order valence-electron chi connectivity index (χ2n) is 4.11. The largest absolute Gasteiger partial charge is 0.495 e. The summed E-state index contributed by atoms with van der Waals surface area (Å²) in [6, 6.07) is 5.20. The standard InChI is InChI=1S/C13H20N2O2S/c1-9(6-7-18-3)15-13(16)10-4-5-11(14)12(8-10)17-2/h4-5,8-9H,6-7,14H2,1-3H3,(H,15,16). The van der Waals surface area contributed by atoms with E-state index in [1.807, 2.05) is 6.92 Å². The highest BCUT2D eigenvalue weighted by Gasteiger charge is 2.11. The highest BCUT2D eigenvalue weighted by atomic mass is 32.2. The molecule has 0 saturated heterocycles. The van der Waals surface area contributed by atoms with Gasteiger partial charge in [0.2, 0.25) is 0 Å². The van der Waals surface area contributed by atoms with Gasteiger partial charge in [0.15, 0.2) is 0 Å². The number of benzene rings is 1. The van der Waals surface area contributed by atoms with E-state index in [0.29, 0.717) is 17.0 Å². The Hall–Kier alpha value is -1.36. The van der Waals surface area contributed by atoms with E-state index in [1.54, 1.807) is 30.0 Å². The fourth-order valence-corrected chi connectivity index (χ4v) is 2.12. The van der Waals surface area contributed by atoms with E-state index < -0.39 is 0 Å². The molecule has 18 heavy (non-hydrogen) atoms. The molecule has 0 aliphatic carbocycles. The third-order valence-corrected chi connectivity index (χ3v) is 3.27. The van der Waals surface area contributed by atoms with Crippen molar-refractivity contribution < 1.29 is 9.53 Å². The van der Waals surface area contributed by atoms with E-state index in [1.165, 1.54) is 7.11 Å². The molecule has 1 aromatic rings. The lowest BCUT2D eigenvalue weighted by Gasteiger charge is -2.14. The van der Waals surface area contributed by atoms with Crippen molar-refractivity contribution in [1.29, 1.82) is 0 Å². The number of hydrogen-bond acceptors (Lipinski definition) is 4. The first-order valence-corrected chi connectivity index (χ1v) is 7.21. The molecule has 0 spiro atoms. The van der Waals surface area contributed by atoms with Crippen LogP contribution in [-0.4, -0.2) is 31.1 Å². The number of thioether (sulfide) groups is 1. The Morgan fingerprint density at radius 2 is 2.28 bits per heavy atom. The topological polar surface area (TPSA) is 64.3 Å². The SMILES string of the molecule is COc1cc(C(=O)NC(C)CCSC)ccc1N. The zero-order valence-corrected chi connectivity index (χ0v) is 11.8. The number of rotatable bonds is 6. The van der Waals surface area contributed by atoms with Crippen molar-refractivity contribution in [3.63, 3.8) is 0 Å². The third-order valence-electron chi connectivity index (χ3n) is 2.63. The molecular formula is C13H20N2O2S. The van der Waals surface area contributed by atoms with Gasteiger partial charge in [-0.3, -0.25) is 4.79 Å². The molecule has 100 valence electrons. The number of hydrogen-bond donors (Lipinski definition) is 2. The van der Waals surface area contributed by atoms with Crippen molar-refractivity contribution in [1.82, 2.24) is 5.32 Å². The molecule has 0 aliphatic rings. The summed E-state index contributed by atoms with van der Waals surface area (Å²) in [6.07, 6.45) is 3.01. The van der Waals surface area contributed by atoms with E-state index in [2.05, 4.69) is 11.6 Å². The van der Waals surface area contributed by atoms with Crippen LogP contribution < -0.4 is 15.8 Å². The van der Waals surface area contributed by atoms with Crippen molar-refractivity contribution >= 4 is 23.4 Å². The predicted molar refractivity (Wildman–Crippen MR) is 77.3 cm³/mol. The molecule has 0 bridgehead atoms. The van der Waals surface area contributed by atoms with Gasteiger partial charge in [0.05, 0.1) is 12.8 Å². The Morgan fingerprint density at radius 3 is 2.89 bits per heavy atom. The zero-order chi connectivity index (χ0) is 13.5. The molecule has 0 saturated carbocycles. The average Bonchev–Trinajstić information content (AvgIpc) is 2.36. The van der Waals surface area contributed by atoms with Crippen molar-refractivity contribution in [2.45, 2.75) is 19.4 Å². The maximum atomic E-state index is 12.0. The first kappa shape index (κ1) is 14.7. The van der Waals surface area contributed by atoms with Crippen LogP contribution in [0.5, 0.6) is 5.75 Å².